The Balaban J connectivity index is 2.26. The fourth-order valence-electron chi connectivity index (χ4n) is 1.63. The smallest absolute Gasteiger partial charge is 0.172 e. The van der Waals surface area contributed by atoms with Crippen LogP contribution in [0.25, 0.3) is 0 Å². The van der Waals surface area contributed by atoms with Crippen LogP contribution in [0.2, 0.25) is 0 Å². The quantitative estimate of drug-likeness (QED) is 0.642. The molecule has 0 aromatic carbocycles. The predicted octanol–water partition coefficient (Wildman–Crippen LogP) is 0.313. The average molecular weight is 201 g/mol. The lowest BCUT2D eigenvalue weighted by Crippen LogP contribution is -2.44. The summed E-state index contributed by atoms with van der Waals surface area (Å²) in [5.41, 5.74) is 0. The van der Waals surface area contributed by atoms with Crippen molar-refractivity contribution >= 4 is 5.78 Å². The summed E-state index contributed by atoms with van der Waals surface area (Å²) < 4.78 is 10.3. The molecule has 1 rings (SSSR count). The maximum Gasteiger partial charge on any atom is 0.172 e. The van der Waals surface area contributed by atoms with Gasteiger partial charge in [0, 0.05) is 20.2 Å². The van der Waals surface area contributed by atoms with Gasteiger partial charge in [0.1, 0.15) is 6.61 Å². The van der Waals surface area contributed by atoms with Crippen molar-refractivity contribution in [3.8, 4) is 0 Å². The maximum atomic E-state index is 11.3. The summed E-state index contributed by atoms with van der Waals surface area (Å²) >= 11 is 0. The molecule has 82 valence electrons. The second-order valence-corrected chi connectivity index (χ2v) is 3.61. The van der Waals surface area contributed by atoms with Crippen molar-refractivity contribution in [1.82, 2.24) is 4.90 Å². The largest absolute Gasteiger partial charge is 0.377 e. The van der Waals surface area contributed by atoms with E-state index in [9.17, 15) is 4.79 Å². The molecule has 0 aromatic heterocycles. The molecule has 1 aliphatic heterocycles. The molecule has 1 heterocycles. The highest BCUT2D eigenvalue weighted by Gasteiger charge is 2.20. The van der Waals surface area contributed by atoms with Gasteiger partial charge in [0.25, 0.3) is 0 Å². The molecule has 4 heteroatoms. The number of carbonyl (C=O) groups is 1. The molecule has 1 saturated heterocycles. The van der Waals surface area contributed by atoms with Crippen molar-refractivity contribution in [2.24, 2.45) is 0 Å². The SMILES string of the molecule is CCC1CN(CC(=O)COC)CCO1. The summed E-state index contributed by atoms with van der Waals surface area (Å²) in [6.45, 7) is 5.27. The number of Topliss-reactive ketones (excluding diaryl/α,β-unsaturated/α-hetero) is 1. The van der Waals surface area contributed by atoms with E-state index in [1.165, 1.54) is 0 Å². The molecule has 0 spiro atoms. The summed E-state index contributed by atoms with van der Waals surface area (Å²) in [5.74, 6) is 0.143. The number of ketones is 1. The molecule has 4 nitrogen and oxygen atoms in total. The van der Waals surface area contributed by atoms with Crippen LogP contribution in [0, 0.1) is 0 Å². The van der Waals surface area contributed by atoms with Gasteiger partial charge in [0.05, 0.1) is 19.3 Å². The molecule has 1 atom stereocenters. The fraction of sp³-hybridized carbons (Fsp3) is 0.900. The second-order valence-electron chi connectivity index (χ2n) is 3.61. The van der Waals surface area contributed by atoms with Crippen molar-refractivity contribution in [3.05, 3.63) is 0 Å². The van der Waals surface area contributed by atoms with Crippen LogP contribution in [-0.2, 0) is 14.3 Å². The maximum absolute atomic E-state index is 11.3. The van der Waals surface area contributed by atoms with Crippen LogP contribution >= 0.6 is 0 Å². The first-order valence-electron chi connectivity index (χ1n) is 5.10. The molecule has 0 bridgehead atoms. The molecule has 1 aliphatic rings. The van der Waals surface area contributed by atoms with E-state index in [2.05, 4.69) is 11.8 Å². The zero-order valence-corrected chi connectivity index (χ0v) is 8.99. The number of carbonyl (C=O) groups excluding carboxylic acids is 1. The Morgan fingerprint density at radius 3 is 3.07 bits per heavy atom. The van der Waals surface area contributed by atoms with Gasteiger partial charge in [0.2, 0.25) is 0 Å². The van der Waals surface area contributed by atoms with Crippen molar-refractivity contribution in [2.45, 2.75) is 19.4 Å². The van der Waals surface area contributed by atoms with Crippen LogP contribution in [0.5, 0.6) is 0 Å². The van der Waals surface area contributed by atoms with Gasteiger partial charge in [-0.3, -0.25) is 9.69 Å². The van der Waals surface area contributed by atoms with Crippen LogP contribution in [-0.4, -0.2) is 56.7 Å². The third kappa shape index (κ3) is 3.74. The molecule has 14 heavy (non-hydrogen) atoms. The van der Waals surface area contributed by atoms with Gasteiger partial charge in [-0.2, -0.15) is 0 Å². The minimum absolute atomic E-state index is 0.143. The van der Waals surface area contributed by atoms with Gasteiger partial charge >= 0.3 is 0 Å². The normalized spacial score (nSPS) is 23.7. The fourth-order valence-corrected chi connectivity index (χ4v) is 1.63. The van der Waals surface area contributed by atoms with E-state index in [4.69, 9.17) is 9.47 Å². The zero-order chi connectivity index (χ0) is 10.4. The highest BCUT2D eigenvalue weighted by atomic mass is 16.5. The summed E-state index contributed by atoms with van der Waals surface area (Å²) in [6, 6.07) is 0. The summed E-state index contributed by atoms with van der Waals surface area (Å²) in [4.78, 5) is 13.4. The van der Waals surface area contributed by atoms with Crippen molar-refractivity contribution in [1.29, 1.82) is 0 Å². The first kappa shape index (κ1) is 11.6. The minimum Gasteiger partial charge on any atom is -0.377 e. The summed E-state index contributed by atoms with van der Waals surface area (Å²) in [6.07, 6.45) is 1.30. The second kappa shape index (κ2) is 6.11. The van der Waals surface area contributed by atoms with E-state index in [0.717, 1.165) is 26.1 Å². The van der Waals surface area contributed by atoms with Gasteiger partial charge in [-0.15, -0.1) is 0 Å². The van der Waals surface area contributed by atoms with Crippen molar-refractivity contribution < 1.29 is 14.3 Å². The first-order chi connectivity index (χ1) is 6.76. The van der Waals surface area contributed by atoms with E-state index in [-0.39, 0.29) is 12.4 Å². The Morgan fingerprint density at radius 1 is 1.64 bits per heavy atom. The number of morpholine rings is 1. The van der Waals surface area contributed by atoms with Crippen LogP contribution in [0.1, 0.15) is 13.3 Å². The lowest BCUT2D eigenvalue weighted by Gasteiger charge is -2.31. The van der Waals surface area contributed by atoms with Crippen LogP contribution in [0.3, 0.4) is 0 Å². The number of hydrogen-bond donors (Lipinski definition) is 0. The van der Waals surface area contributed by atoms with Gasteiger partial charge in [-0.05, 0) is 6.42 Å². The highest BCUT2D eigenvalue weighted by molar-refractivity contribution is 5.81. The monoisotopic (exact) mass is 201 g/mol. The topological polar surface area (TPSA) is 38.8 Å². The number of rotatable bonds is 5. The third-order valence-corrected chi connectivity index (χ3v) is 2.38. The van der Waals surface area contributed by atoms with Gasteiger partial charge < -0.3 is 9.47 Å². The highest BCUT2D eigenvalue weighted by Crippen LogP contribution is 2.07. The Labute approximate surface area is 85.2 Å². The number of hydrogen-bond acceptors (Lipinski definition) is 4. The van der Waals surface area contributed by atoms with E-state index in [1.54, 1.807) is 7.11 Å². The van der Waals surface area contributed by atoms with Crippen LogP contribution in [0.4, 0.5) is 0 Å². The zero-order valence-electron chi connectivity index (χ0n) is 8.99. The molecule has 0 saturated carbocycles. The molecule has 0 amide bonds. The van der Waals surface area contributed by atoms with Gasteiger partial charge in [-0.25, -0.2) is 0 Å². The van der Waals surface area contributed by atoms with E-state index >= 15 is 0 Å². The summed E-state index contributed by atoms with van der Waals surface area (Å²) in [7, 11) is 1.55. The Hall–Kier alpha value is -0.450. The van der Waals surface area contributed by atoms with E-state index in [1.807, 2.05) is 0 Å². The van der Waals surface area contributed by atoms with E-state index < -0.39 is 0 Å². The molecule has 0 aliphatic carbocycles. The van der Waals surface area contributed by atoms with Gasteiger partial charge in [-0.1, -0.05) is 6.92 Å². The van der Waals surface area contributed by atoms with Crippen LogP contribution < -0.4 is 0 Å². The van der Waals surface area contributed by atoms with Gasteiger partial charge in [0.15, 0.2) is 5.78 Å². The molecule has 0 radical (unpaired) electrons. The third-order valence-electron chi connectivity index (χ3n) is 2.38. The number of ether oxygens (including phenoxy) is 2. The van der Waals surface area contributed by atoms with Crippen molar-refractivity contribution in [2.75, 3.05) is 40.0 Å². The standard InChI is InChI=1S/C10H19NO3/c1-3-10-7-11(4-5-14-10)6-9(12)8-13-2/h10H,3-8H2,1-2H3. The molecular formula is C10H19NO3. The lowest BCUT2D eigenvalue weighted by atomic mass is 10.2. The molecule has 0 N–H and O–H groups in total. The van der Waals surface area contributed by atoms with Crippen molar-refractivity contribution in [3.63, 3.8) is 0 Å². The molecular weight excluding hydrogens is 182 g/mol. The molecule has 1 unspecified atom stereocenters. The summed E-state index contributed by atoms with van der Waals surface area (Å²) in [5, 5.41) is 0. The minimum atomic E-state index is 0.143. The number of methoxy groups -OCH3 is 1. The Bertz CT molecular complexity index is 184. The first-order valence-corrected chi connectivity index (χ1v) is 5.10. The molecule has 1 fully saturated rings. The number of nitrogens with zero attached hydrogens (tertiary/aromatic N) is 1. The van der Waals surface area contributed by atoms with Crippen LogP contribution in [0.15, 0.2) is 0 Å². The molecule has 0 aromatic rings. The lowest BCUT2D eigenvalue weighted by molar-refractivity contribution is -0.125. The Kier molecular flexibility index (Phi) is 5.07. The Morgan fingerprint density at radius 2 is 2.43 bits per heavy atom. The van der Waals surface area contributed by atoms with E-state index in [0.29, 0.717) is 12.6 Å². The average Bonchev–Trinajstić information content (AvgIpc) is 2.18. The predicted molar refractivity (Wildman–Crippen MR) is 53.4 cm³/mol.